The SMILES string of the molecule is CCC[C@H](O)c1cc2c(cc1OC)CCC2. The molecule has 1 N–H and O–H groups in total. The van der Waals surface area contributed by atoms with Gasteiger partial charge in [0.05, 0.1) is 13.2 Å². The van der Waals surface area contributed by atoms with Crippen LogP contribution in [0.25, 0.3) is 0 Å². The molecule has 1 aliphatic rings. The Hall–Kier alpha value is -1.02. The van der Waals surface area contributed by atoms with Gasteiger partial charge in [0.25, 0.3) is 0 Å². The number of methoxy groups -OCH3 is 1. The fourth-order valence-electron chi connectivity index (χ4n) is 2.49. The van der Waals surface area contributed by atoms with Crippen molar-refractivity contribution in [1.82, 2.24) is 0 Å². The van der Waals surface area contributed by atoms with Crippen LogP contribution >= 0.6 is 0 Å². The van der Waals surface area contributed by atoms with E-state index in [1.807, 2.05) is 0 Å². The number of aryl methyl sites for hydroxylation is 2. The smallest absolute Gasteiger partial charge is 0.124 e. The molecule has 2 nitrogen and oxygen atoms in total. The number of rotatable bonds is 4. The number of fused-ring (bicyclic) bond motifs is 1. The van der Waals surface area contributed by atoms with E-state index in [0.29, 0.717) is 0 Å². The maximum atomic E-state index is 10.1. The van der Waals surface area contributed by atoms with Gasteiger partial charge in [0, 0.05) is 5.56 Å². The van der Waals surface area contributed by atoms with Crippen LogP contribution in [0.3, 0.4) is 0 Å². The molecule has 2 heteroatoms. The zero-order valence-corrected chi connectivity index (χ0v) is 10.1. The summed E-state index contributed by atoms with van der Waals surface area (Å²) in [4.78, 5) is 0. The molecule has 0 aliphatic heterocycles. The van der Waals surface area contributed by atoms with Gasteiger partial charge in [0.2, 0.25) is 0 Å². The zero-order chi connectivity index (χ0) is 11.5. The lowest BCUT2D eigenvalue weighted by molar-refractivity contribution is 0.162. The Kier molecular flexibility index (Phi) is 3.49. The van der Waals surface area contributed by atoms with Crippen molar-refractivity contribution >= 4 is 0 Å². The molecule has 0 heterocycles. The van der Waals surface area contributed by atoms with Gasteiger partial charge in [0.15, 0.2) is 0 Å². The highest BCUT2D eigenvalue weighted by molar-refractivity contribution is 5.45. The number of aliphatic hydroxyl groups is 1. The number of benzene rings is 1. The summed E-state index contributed by atoms with van der Waals surface area (Å²) in [7, 11) is 1.68. The summed E-state index contributed by atoms with van der Waals surface area (Å²) >= 11 is 0. The molecule has 0 spiro atoms. The van der Waals surface area contributed by atoms with Crippen molar-refractivity contribution < 1.29 is 9.84 Å². The van der Waals surface area contributed by atoms with Gasteiger partial charge in [-0.1, -0.05) is 13.3 Å². The molecule has 0 amide bonds. The first-order chi connectivity index (χ1) is 7.76. The van der Waals surface area contributed by atoms with Crippen LogP contribution in [0.15, 0.2) is 12.1 Å². The summed E-state index contributed by atoms with van der Waals surface area (Å²) < 4.78 is 5.38. The van der Waals surface area contributed by atoms with E-state index >= 15 is 0 Å². The van der Waals surface area contributed by atoms with Gasteiger partial charge in [-0.05, 0) is 48.9 Å². The van der Waals surface area contributed by atoms with Crippen LogP contribution in [0.2, 0.25) is 0 Å². The predicted molar refractivity (Wildman–Crippen MR) is 64.9 cm³/mol. The molecule has 0 aromatic heterocycles. The number of hydrogen-bond acceptors (Lipinski definition) is 2. The molecule has 1 atom stereocenters. The van der Waals surface area contributed by atoms with Crippen LogP contribution in [0.4, 0.5) is 0 Å². The van der Waals surface area contributed by atoms with Gasteiger partial charge in [-0.25, -0.2) is 0 Å². The molecule has 0 unspecified atom stereocenters. The van der Waals surface area contributed by atoms with Crippen molar-refractivity contribution in [2.45, 2.75) is 45.1 Å². The van der Waals surface area contributed by atoms with Crippen LogP contribution in [0.1, 0.15) is 49.0 Å². The average Bonchev–Trinajstić information content (AvgIpc) is 2.74. The minimum atomic E-state index is -0.383. The molecule has 1 aliphatic carbocycles. The first-order valence-electron chi connectivity index (χ1n) is 6.14. The normalized spacial score (nSPS) is 15.9. The van der Waals surface area contributed by atoms with E-state index in [0.717, 1.165) is 37.0 Å². The Morgan fingerprint density at radius 2 is 2.00 bits per heavy atom. The van der Waals surface area contributed by atoms with Crippen molar-refractivity contribution in [3.8, 4) is 5.75 Å². The second-order valence-corrected chi connectivity index (χ2v) is 4.52. The Bertz CT molecular complexity index is 371. The van der Waals surface area contributed by atoms with E-state index in [2.05, 4.69) is 19.1 Å². The Morgan fingerprint density at radius 1 is 1.31 bits per heavy atom. The fourth-order valence-corrected chi connectivity index (χ4v) is 2.49. The lowest BCUT2D eigenvalue weighted by atomic mass is 9.99. The van der Waals surface area contributed by atoms with Gasteiger partial charge in [0.1, 0.15) is 5.75 Å². The molecule has 1 aromatic carbocycles. The average molecular weight is 220 g/mol. The summed E-state index contributed by atoms with van der Waals surface area (Å²) in [5, 5.41) is 10.1. The molecule has 2 rings (SSSR count). The second-order valence-electron chi connectivity index (χ2n) is 4.52. The monoisotopic (exact) mass is 220 g/mol. The van der Waals surface area contributed by atoms with Crippen LogP contribution in [0.5, 0.6) is 5.75 Å². The first kappa shape index (κ1) is 11.5. The quantitative estimate of drug-likeness (QED) is 0.845. The maximum absolute atomic E-state index is 10.1. The van der Waals surface area contributed by atoms with Crippen LogP contribution in [0, 0.1) is 0 Å². The summed E-state index contributed by atoms with van der Waals surface area (Å²) in [6.45, 7) is 2.09. The highest BCUT2D eigenvalue weighted by Gasteiger charge is 2.18. The predicted octanol–water partition coefficient (Wildman–Crippen LogP) is 3.02. The van der Waals surface area contributed by atoms with Gasteiger partial charge >= 0.3 is 0 Å². The first-order valence-corrected chi connectivity index (χ1v) is 6.14. The lowest BCUT2D eigenvalue weighted by Crippen LogP contribution is -2.02. The molecule has 16 heavy (non-hydrogen) atoms. The van der Waals surface area contributed by atoms with E-state index in [4.69, 9.17) is 4.74 Å². The highest BCUT2D eigenvalue weighted by Crippen LogP contribution is 2.34. The third-order valence-electron chi connectivity index (χ3n) is 3.37. The van der Waals surface area contributed by atoms with Crippen LogP contribution < -0.4 is 4.74 Å². The molecule has 1 aromatic rings. The van der Waals surface area contributed by atoms with Crippen molar-refractivity contribution in [3.05, 3.63) is 28.8 Å². The van der Waals surface area contributed by atoms with Crippen LogP contribution in [-0.2, 0) is 12.8 Å². The van der Waals surface area contributed by atoms with Crippen molar-refractivity contribution in [2.75, 3.05) is 7.11 Å². The Morgan fingerprint density at radius 3 is 2.62 bits per heavy atom. The summed E-state index contributed by atoms with van der Waals surface area (Å²) in [5.41, 5.74) is 3.75. The van der Waals surface area contributed by atoms with E-state index in [-0.39, 0.29) is 6.10 Å². The summed E-state index contributed by atoms with van der Waals surface area (Å²) in [5.74, 6) is 0.849. The highest BCUT2D eigenvalue weighted by atomic mass is 16.5. The third-order valence-corrected chi connectivity index (χ3v) is 3.37. The van der Waals surface area contributed by atoms with Crippen molar-refractivity contribution in [1.29, 1.82) is 0 Å². The molecular formula is C14H20O2. The van der Waals surface area contributed by atoms with Gasteiger partial charge in [-0.3, -0.25) is 0 Å². The van der Waals surface area contributed by atoms with E-state index in [1.165, 1.54) is 17.5 Å². The van der Waals surface area contributed by atoms with Gasteiger partial charge in [-0.15, -0.1) is 0 Å². The molecule has 0 bridgehead atoms. The molecular weight excluding hydrogens is 200 g/mol. The molecule has 0 saturated carbocycles. The van der Waals surface area contributed by atoms with Crippen LogP contribution in [-0.4, -0.2) is 12.2 Å². The molecule has 0 fully saturated rings. The third kappa shape index (κ3) is 2.07. The Labute approximate surface area is 97.3 Å². The molecule has 0 saturated heterocycles. The lowest BCUT2D eigenvalue weighted by Gasteiger charge is -2.16. The van der Waals surface area contributed by atoms with E-state index < -0.39 is 0 Å². The minimum Gasteiger partial charge on any atom is -0.496 e. The number of ether oxygens (including phenoxy) is 1. The maximum Gasteiger partial charge on any atom is 0.124 e. The number of hydrogen-bond donors (Lipinski definition) is 1. The standard InChI is InChI=1S/C14H20O2/c1-3-5-13(15)12-8-10-6-4-7-11(10)9-14(12)16-2/h8-9,13,15H,3-7H2,1-2H3/t13-/m0/s1. The molecule has 88 valence electrons. The minimum absolute atomic E-state index is 0.383. The second kappa shape index (κ2) is 4.88. The Balaban J connectivity index is 2.35. The van der Waals surface area contributed by atoms with Crippen molar-refractivity contribution in [3.63, 3.8) is 0 Å². The van der Waals surface area contributed by atoms with Gasteiger partial charge < -0.3 is 9.84 Å². The van der Waals surface area contributed by atoms with Crippen molar-refractivity contribution in [2.24, 2.45) is 0 Å². The number of aliphatic hydroxyl groups excluding tert-OH is 1. The van der Waals surface area contributed by atoms with E-state index in [1.54, 1.807) is 7.11 Å². The van der Waals surface area contributed by atoms with Gasteiger partial charge in [-0.2, -0.15) is 0 Å². The fraction of sp³-hybridized carbons (Fsp3) is 0.571. The summed E-state index contributed by atoms with van der Waals surface area (Å²) in [6.07, 6.45) is 4.93. The zero-order valence-electron chi connectivity index (χ0n) is 10.1. The topological polar surface area (TPSA) is 29.5 Å². The summed E-state index contributed by atoms with van der Waals surface area (Å²) in [6, 6.07) is 4.25. The van der Waals surface area contributed by atoms with E-state index in [9.17, 15) is 5.11 Å². The molecule has 0 radical (unpaired) electrons. The largest absolute Gasteiger partial charge is 0.496 e.